The average Bonchev–Trinajstić information content (AvgIpc) is 3.47. The van der Waals surface area contributed by atoms with Gasteiger partial charge in [0.15, 0.2) is 0 Å². The summed E-state index contributed by atoms with van der Waals surface area (Å²) >= 11 is 0. The minimum atomic E-state index is -1.21. The molecule has 0 spiro atoms. The van der Waals surface area contributed by atoms with Gasteiger partial charge in [-0.15, -0.1) is 0 Å². The smallest absolute Gasteiger partial charge is 0.325 e. The van der Waals surface area contributed by atoms with E-state index in [2.05, 4.69) is 26.0 Å². The van der Waals surface area contributed by atoms with Gasteiger partial charge < -0.3 is 16.0 Å². The van der Waals surface area contributed by atoms with Crippen molar-refractivity contribution in [3.05, 3.63) is 72.8 Å². The Morgan fingerprint density at radius 2 is 1.76 bits per heavy atom. The van der Waals surface area contributed by atoms with Crippen molar-refractivity contribution < 1.29 is 19.2 Å². The molecule has 1 aliphatic rings. The lowest BCUT2D eigenvalue weighted by Crippen LogP contribution is -2.45. The minimum absolute atomic E-state index is 0.315. The topological polar surface area (TPSA) is 138 Å². The zero-order valence-electron chi connectivity index (χ0n) is 18.4. The van der Waals surface area contributed by atoms with Crippen molar-refractivity contribution in [1.82, 2.24) is 30.3 Å². The molecule has 11 nitrogen and oxygen atoms in total. The van der Waals surface area contributed by atoms with Crippen LogP contribution >= 0.6 is 0 Å². The zero-order chi connectivity index (χ0) is 24.1. The number of hydrogen-bond donors (Lipinski definition) is 3. The summed E-state index contributed by atoms with van der Waals surface area (Å²) in [7, 11) is 0. The summed E-state index contributed by atoms with van der Waals surface area (Å²) in [5.74, 6) is -1.58. The van der Waals surface area contributed by atoms with E-state index in [-0.39, 0.29) is 6.54 Å². The Hall–Kier alpha value is -4.54. The van der Waals surface area contributed by atoms with Gasteiger partial charge >= 0.3 is 6.03 Å². The number of rotatable bonds is 8. The van der Waals surface area contributed by atoms with E-state index in [0.717, 1.165) is 10.6 Å². The van der Waals surface area contributed by atoms with Gasteiger partial charge in [0.05, 0.1) is 12.2 Å². The van der Waals surface area contributed by atoms with Crippen LogP contribution in [0.1, 0.15) is 18.9 Å². The summed E-state index contributed by atoms with van der Waals surface area (Å²) < 4.78 is 1.58. The Morgan fingerprint density at radius 3 is 2.41 bits per heavy atom. The zero-order valence-corrected chi connectivity index (χ0v) is 18.4. The highest BCUT2D eigenvalue weighted by molar-refractivity contribution is 6.09. The number of urea groups is 1. The second-order valence-electron chi connectivity index (χ2n) is 7.66. The number of carbonyl (C=O) groups is 4. The van der Waals surface area contributed by atoms with E-state index in [4.69, 9.17) is 0 Å². The van der Waals surface area contributed by atoms with Crippen molar-refractivity contribution in [2.45, 2.75) is 18.9 Å². The molecule has 2 heterocycles. The van der Waals surface area contributed by atoms with Gasteiger partial charge in [-0.3, -0.25) is 19.3 Å². The number of hydrogen-bond acceptors (Lipinski definition) is 6. The van der Waals surface area contributed by atoms with Crippen molar-refractivity contribution in [2.75, 3.05) is 18.4 Å². The van der Waals surface area contributed by atoms with Crippen molar-refractivity contribution in [3.63, 3.8) is 0 Å². The molecule has 0 aliphatic carbocycles. The fourth-order valence-electron chi connectivity index (χ4n) is 3.75. The molecule has 0 radical (unpaired) electrons. The van der Waals surface area contributed by atoms with Gasteiger partial charge in [-0.25, -0.2) is 14.5 Å². The van der Waals surface area contributed by atoms with Crippen LogP contribution in [-0.2, 0) is 19.9 Å². The van der Waals surface area contributed by atoms with Crippen LogP contribution in [0, 0.1) is 0 Å². The number of aromatic nitrogens is 3. The van der Waals surface area contributed by atoms with Crippen LogP contribution in [0.15, 0.2) is 67.3 Å². The molecule has 1 aliphatic heterocycles. The second kappa shape index (κ2) is 9.53. The molecule has 0 saturated carbocycles. The summed E-state index contributed by atoms with van der Waals surface area (Å²) in [6.45, 7) is 0.988. The average molecular weight is 461 g/mol. The molecule has 0 bridgehead atoms. The number of carbonyl (C=O) groups excluding carboxylic acids is 4. The largest absolute Gasteiger partial charge is 0.345 e. The summed E-state index contributed by atoms with van der Waals surface area (Å²) in [5, 5.41) is 11.9. The molecule has 174 valence electrons. The van der Waals surface area contributed by atoms with Gasteiger partial charge in [-0.2, -0.15) is 5.10 Å². The number of nitrogens with one attached hydrogen (secondary N) is 3. The Morgan fingerprint density at radius 1 is 1.03 bits per heavy atom. The maximum absolute atomic E-state index is 13.1. The van der Waals surface area contributed by atoms with Crippen molar-refractivity contribution in [2.24, 2.45) is 0 Å². The molecule has 1 saturated heterocycles. The minimum Gasteiger partial charge on any atom is -0.345 e. The first-order valence-corrected chi connectivity index (χ1v) is 10.6. The lowest BCUT2D eigenvalue weighted by molar-refractivity contribution is -0.135. The Bertz CT molecular complexity index is 1200. The Balaban J connectivity index is 1.31. The molecule has 1 aromatic heterocycles. The highest BCUT2D eigenvalue weighted by Gasteiger charge is 2.51. The molecule has 3 aromatic rings. The molecule has 1 unspecified atom stereocenters. The molecule has 1 atom stereocenters. The van der Waals surface area contributed by atoms with E-state index in [9.17, 15) is 19.2 Å². The molecule has 1 fully saturated rings. The Kier molecular flexibility index (Phi) is 6.35. The SMILES string of the molecule is CCC1(c2ccccc2)NC(=O)N(CC(=O)NCC(=O)Nc2ccc(-n3cncn3)cc2)C1=O. The molecule has 3 N–H and O–H groups in total. The van der Waals surface area contributed by atoms with Gasteiger partial charge in [0.2, 0.25) is 11.8 Å². The van der Waals surface area contributed by atoms with Gasteiger partial charge in [-0.1, -0.05) is 37.3 Å². The van der Waals surface area contributed by atoms with Gasteiger partial charge in [0, 0.05) is 5.69 Å². The van der Waals surface area contributed by atoms with Crippen LogP contribution in [0.5, 0.6) is 0 Å². The molecular weight excluding hydrogens is 438 g/mol. The van der Waals surface area contributed by atoms with E-state index in [1.165, 1.54) is 6.33 Å². The summed E-state index contributed by atoms with van der Waals surface area (Å²) in [6.07, 6.45) is 3.30. The molecule has 5 amide bonds. The van der Waals surface area contributed by atoms with Crippen LogP contribution in [0.2, 0.25) is 0 Å². The van der Waals surface area contributed by atoms with Crippen molar-refractivity contribution >= 4 is 29.4 Å². The predicted octanol–water partition coefficient (Wildman–Crippen LogP) is 1.18. The molecule has 2 aromatic carbocycles. The standard InChI is InChI=1S/C23H23N7O4/c1-2-23(16-6-4-3-5-7-16)21(33)29(22(34)28-23)13-20(32)25-12-19(31)27-17-8-10-18(11-9-17)30-15-24-14-26-30/h3-11,14-15H,2,12-13H2,1H3,(H,25,32)(H,27,31)(H,28,34). The van der Waals surface area contributed by atoms with Crippen LogP contribution in [0.25, 0.3) is 5.69 Å². The van der Waals surface area contributed by atoms with E-state index in [0.29, 0.717) is 17.7 Å². The maximum atomic E-state index is 13.1. The normalized spacial score (nSPS) is 17.4. The first-order valence-electron chi connectivity index (χ1n) is 10.6. The summed E-state index contributed by atoms with van der Waals surface area (Å²) in [4.78, 5) is 54.9. The monoisotopic (exact) mass is 461 g/mol. The van der Waals surface area contributed by atoms with Crippen LogP contribution in [0.4, 0.5) is 10.5 Å². The molecule has 11 heteroatoms. The van der Waals surface area contributed by atoms with Crippen molar-refractivity contribution in [3.8, 4) is 5.69 Å². The van der Waals surface area contributed by atoms with Crippen LogP contribution in [-0.4, -0.2) is 56.5 Å². The Labute approximate surface area is 195 Å². The predicted molar refractivity (Wildman–Crippen MR) is 122 cm³/mol. The highest BCUT2D eigenvalue weighted by Crippen LogP contribution is 2.32. The lowest BCUT2D eigenvalue weighted by atomic mass is 9.87. The van der Waals surface area contributed by atoms with Crippen LogP contribution in [0.3, 0.4) is 0 Å². The summed E-state index contributed by atoms with van der Waals surface area (Å²) in [5.41, 5.74) is 0.741. The number of benzene rings is 2. The molecule has 4 rings (SSSR count). The van der Waals surface area contributed by atoms with Gasteiger partial charge in [-0.05, 0) is 36.2 Å². The fourth-order valence-corrected chi connectivity index (χ4v) is 3.75. The third-order valence-electron chi connectivity index (χ3n) is 5.55. The van der Waals surface area contributed by atoms with Gasteiger partial charge in [0.1, 0.15) is 24.7 Å². The van der Waals surface area contributed by atoms with E-state index >= 15 is 0 Å². The first-order chi connectivity index (χ1) is 16.4. The quantitative estimate of drug-likeness (QED) is 0.431. The van der Waals surface area contributed by atoms with Crippen molar-refractivity contribution in [1.29, 1.82) is 0 Å². The highest BCUT2D eigenvalue weighted by atomic mass is 16.2. The summed E-state index contributed by atoms with van der Waals surface area (Å²) in [6, 6.07) is 15.1. The molecular formula is C23H23N7O4. The number of anilines is 1. The van der Waals surface area contributed by atoms with E-state index in [1.807, 2.05) is 6.07 Å². The lowest BCUT2D eigenvalue weighted by Gasteiger charge is -2.25. The number of imide groups is 1. The van der Waals surface area contributed by atoms with Gasteiger partial charge in [0.25, 0.3) is 5.91 Å². The third-order valence-corrected chi connectivity index (χ3v) is 5.55. The first kappa shape index (κ1) is 22.6. The van der Waals surface area contributed by atoms with E-state index < -0.39 is 35.8 Å². The number of amides is 5. The van der Waals surface area contributed by atoms with E-state index in [1.54, 1.807) is 66.5 Å². The second-order valence-corrected chi connectivity index (χ2v) is 7.66. The fraction of sp³-hybridized carbons (Fsp3) is 0.217. The molecule has 34 heavy (non-hydrogen) atoms. The maximum Gasteiger partial charge on any atom is 0.325 e. The third kappa shape index (κ3) is 4.49. The number of nitrogens with zero attached hydrogens (tertiary/aromatic N) is 4. The van der Waals surface area contributed by atoms with Crippen LogP contribution < -0.4 is 16.0 Å².